The van der Waals surface area contributed by atoms with Gasteiger partial charge in [0.2, 0.25) is 0 Å². The zero-order valence-corrected chi connectivity index (χ0v) is 19.1. The molecule has 0 amide bonds. The Bertz CT molecular complexity index is 1360. The Hall–Kier alpha value is -3.59. The molecule has 1 aromatic carbocycles. The van der Waals surface area contributed by atoms with E-state index in [-0.39, 0.29) is 29.7 Å². The second-order valence-corrected chi connectivity index (χ2v) is 8.79. The summed E-state index contributed by atoms with van der Waals surface area (Å²) in [5.74, 6) is -4.08. The summed E-state index contributed by atoms with van der Waals surface area (Å²) < 4.78 is 48.8. The van der Waals surface area contributed by atoms with Gasteiger partial charge in [0.25, 0.3) is 5.56 Å². The lowest BCUT2D eigenvalue weighted by Crippen LogP contribution is -2.56. The van der Waals surface area contributed by atoms with Crippen LogP contribution < -0.4 is 5.56 Å². The largest absolute Gasteiger partial charge is 0.394 e. The summed E-state index contributed by atoms with van der Waals surface area (Å²) in [5, 5.41) is 43.3. The van der Waals surface area contributed by atoms with E-state index in [2.05, 4.69) is 15.5 Å². The Morgan fingerprint density at radius 1 is 1.08 bits per heavy atom. The average Bonchev–Trinajstić information content (AvgIpc) is 3.55. The fourth-order valence-electron chi connectivity index (χ4n) is 4.53. The molecule has 11 nitrogen and oxygen atoms in total. The number of aliphatic hydroxyl groups excluding tert-OH is 3. The molecule has 0 spiro atoms. The van der Waals surface area contributed by atoms with Gasteiger partial charge < -0.3 is 24.9 Å². The maximum Gasteiger partial charge on any atom is 0.256 e. The summed E-state index contributed by atoms with van der Waals surface area (Å²) in [6, 6.07) is 4.97. The van der Waals surface area contributed by atoms with Gasteiger partial charge in [0.1, 0.15) is 36.2 Å². The summed E-state index contributed by atoms with van der Waals surface area (Å²) in [6.07, 6.45) is -2.32. The normalized spacial score (nSPS) is 27.7. The molecule has 0 radical (unpaired) electrons. The van der Waals surface area contributed by atoms with Crippen molar-refractivity contribution in [2.24, 2.45) is 5.16 Å². The first-order valence-corrected chi connectivity index (χ1v) is 11.4. The van der Waals surface area contributed by atoms with Crippen LogP contribution in [0.15, 0.2) is 52.7 Å². The van der Waals surface area contributed by atoms with Crippen LogP contribution >= 0.6 is 0 Å². The van der Waals surface area contributed by atoms with E-state index in [0.717, 1.165) is 16.8 Å². The first-order valence-electron chi connectivity index (χ1n) is 11.4. The van der Waals surface area contributed by atoms with Gasteiger partial charge in [-0.3, -0.25) is 9.36 Å². The Morgan fingerprint density at radius 3 is 2.51 bits per heavy atom. The molecule has 37 heavy (non-hydrogen) atoms. The topological polar surface area (TPSA) is 144 Å². The fraction of sp³-hybridized carbons (Fsp3) is 0.391. The number of rotatable bonds is 5. The van der Waals surface area contributed by atoms with Gasteiger partial charge in [-0.15, -0.1) is 5.10 Å². The van der Waals surface area contributed by atoms with E-state index in [1.165, 1.54) is 16.8 Å². The second kappa shape index (κ2) is 10.0. The molecule has 0 aliphatic carbocycles. The van der Waals surface area contributed by atoms with E-state index < -0.39 is 60.6 Å². The smallest absolute Gasteiger partial charge is 0.256 e. The molecule has 2 aromatic heterocycles. The Morgan fingerprint density at radius 2 is 1.81 bits per heavy atom. The average molecular weight is 521 g/mol. The molecule has 0 saturated carbocycles. The van der Waals surface area contributed by atoms with Crippen LogP contribution in [0.5, 0.6) is 0 Å². The van der Waals surface area contributed by atoms with Crippen LogP contribution in [0.25, 0.3) is 11.3 Å². The highest BCUT2D eigenvalue weighted by Crippen LogP contribution is 2.34. The van der Waals surface area contributed by atoms with Crippen LogP contribution in [0.1, 0.15) is 18.9 Å². The number of benzene rings is 1. The highest BCUT2D eigenvalue weighted by molar-refractivity contribution is 5.85. The van der Waals surface area contributed by atoms with Crippen molar-refractivity contribution in [2.45, 2.75) is 49.4 Å². The number of aliphatic hydroxyl groups is 3. The number of halogens is 3. The first-order chi connectivity index (χ1) is 17.8. The van der Waals surface area contributed by atoms with Gasteiger partial charge in [0.15, 0.2) is 23.3 Å². The van der Waals surface area contributed by atoms with Crippen LogP contribution in [-0.2, 0) is 9.57 Å². The minimum absolute atomic E-state index is 0.0359. The van der Waals surface area contributed by atoms with Crippen molar-refractivity contribution in [1.82, 2.24) is 19.6 Å². The molecular formula is C23H22F3N5O6. The lowest BCUT2D eigenvalue weighted by atomic mass is 9.89. The summed E-state index contributed by atoms with van der Waals surface area (Å²) in [6.45, 7) is -0.580. The van der Waals surface area contributed by atoms with Crippen molar-refractivity contribution < 1.29 is 38.1 Å². The summed E-state index contributed by atoms with van der Waals surface area (Å²) in [7, 11) is 0. The number of hydrogen-bond donors (Lipinski definition) is 3. The molecule has 196 valence electrons. The standard InChI is InChI=1S/C23H22F3N5O6/c24-13-5-11(6-14(25)20(13)26)15-9-31(29-27-15)21-22(34)16(36-17(10-32)23(21)35)7-12-8-18(28-37-12)30-4-2-1-3-19(30)33/h1-6,9,12,16-17,21-23,32,34-35H,7-8,10H2/t12-,16-,17-,21-,22+,23+/m1/s1. The van der Waals surface area contributed by atoms with Crippen molar-refractivity contribution >= 4 is 5.84 Å². The van der Waals surface area contributed by atoms with Gasteiger partial charge in [0, 0.05) is 30.7 Å². The van der Waals surface area contributed by atoms with E-state index in [4.69, 9.17) is 9.57 Å². The van der Waals surface area contributed by atoms with Gasteiger partial charge in [-0.2, -0.15) is 0 Å². The van der Waals surface area contributed by atoms with Gasteiger partial charge >= 0.3 is 0 Å². The lowest BCUT2D eigenvalue weighted by molar-refractivity contribution is -0.212. The van der Waals surface area contributed by atoms with Crippen molar-refractivity contribution in [3.63, 3.8) is 0 Å². The van der Waals surface area contributed by atoms with E-state index in [9.17, 15) is 33.3 Å². The minimum Gasteiger partial charge on any atom is -0.394 e. The van der Waals surface area contributed by atoms with Gasteiger partial charge in [-0.1, -0.05) is 16.4 Å². The number of aromatic nitrogens is 4. The third kappa shape index (κ3) is 4.75. The van der Waals surface area contributed by atoms with E-state index >= 15 is 0 Å². The molecule has 2 aliphatic heterocycles. The first kappa shape index (κ1) is 25.1. The van der Waals surface area contributed by atoms with Crippen LogP contribution in [0.4, 0.5) is 13.2 Å². The lowest BCUT2D eigenvalue weighted by Gasteiger charge is -2.42. The van der Waals surface area contributed by atoms with Crippen molar-refractivity contribution in [1.29, 1.82) is 0 Å². The molecule has 0 bridgehead atoms. The third-order valence-electron chi connectivity index (χ3n) is 6.40. The number of nitrogens with zero attached hydrogens (tertiary/aromatic N) is 5. The third-order valence-corrected chi connectivity index (χ3v) is 6.40. The molecule has 6 atom stereocenters. The van der Waals surface area contributed by atoms with Gasteiger partial charge in [-0.05, 0) is 18.2 Å². The monoisotopic (exact) mass is 521 g/mol. The van der Waals surface area contributed by atoms with Crippen LogP contribution in [-0.4, -0.2) is 77.8 Å². The Kier molecular flexibility index (Phi) is 6.81. The van der Waals surface area contributed by atoms with Crippen LogP contribution in [0.3, 0.4) is 0 Å². The molecular weight excluding hydrogens is 499 g/mol. The van der Waals surface area contributed by atoms with Crippen LogP contribution in [0, 0.1) is 17.5 Å². The maximum atomic E-state index is 13.7. The SMILES string of the molecule is O=c1ccccn1C1=NO[C@H](C[C@H]2O[C@H](CO)[C@H](O)[C@H](n3cc(-c4cc(F)c(F)c(F)c4)nn3)[C@H]2O)C1. The highest BCUT2D eigenvalue weighted by Gasteiger charge is 2.47. The molecule has 4 heterocycles. The number of hydrogen-bond acceptors (Lipinski definition) is 9. The van der Waals surface area contributed by atoms with Crippen LogP contribution in [0.2, 0.25) is 0 Å². The van der Waals surface area contributed by atoms with Gasteiger partial charge in [0.05, 0.1) is 18.9 Å². The molecule has 5 rings (SSSR count). The fourth-order valence-corrected chi connectivity index (χ4v) is 4.53. The Labute approximate surface area is 207 Å². The molecule has 3 N–H and O–H groups in total. The molecule has 2 aliphatic rings. The summed E-state index contributed by atoms with van der Waals surface area (Å²) in [4.78, 5) is 17.5. The zero-order valence-electron chi connectivity index (χ0n) is 19.1. The molecule has 0 unspecified atom stereocenters. The van der Waals surface area contributed by atoms with E-state index in [1.807, 2.05) is 0 Å². The number of oxime groups is 1. The van der Waals surface area contributed by atoms with E-state index in [1.54, 1.807) is 18.3 Å². The summed E-state index contributed by atoms with van der Waals surface area (Å²) in [5.41, 5.74) is -0.425. The zero-order chi connectivity index (χ0) is 26.3. The quantitative estimate of drug-likeness (QED) is 0.414. The number of ether oxygens (including phenoxy) is 1. The van der Waals surface area contributed by atoms with E-state index in [0.29, 0.717) is 5.84 Å². The number of pyridine rings is 1. The van der Waals surface area contributed by atoms with Gasteiger partial charge in [-0.25, -0.2) is 17.9 Å². The Balaban J connectivity index is 1.35. The highest BCUT2D eigenvalue weighted by atomic mass is 19.2. The maximum absolute atomic E-state index is 13.7. The second-order valence-electron chi connectivity index (χ2n) is 8.79. The minimum atomic E-state index is -1.63. The van der Waals surface area contributed by atoms with Crippen molar-refractivity contribution in [3.05, 3.63) is 70.5 Å². The molecule has 3 aromatic rings. The molecule has 14 heteroatoms. The van der Waals surface area contributed by atoms with Crippen molar-refractivity contribution in [3.8, 4) is 11.3 Å². The predicted molar refractivity (Wildman–Crippen MR) is 120 cm³/mol. The summed E-state index contributed by atoms with van der Waals surface area (Å²) >= 11 is 0. The predicted octanol–water partition coefficient (Wildman–Crippen LogP) is 0.587. The van der Waals surface area contributed by atoms with Crippen molar-refractivity contribution in [2.75, 3.05) is 6.61 Å². The molecule has 1 fully saturated rings. The molecule has 1 saturated heterocycles.